The van der Waals surface area contributed by atoms with Crippen molar-refractivity contribution in [3.8, 4) is 0 Å². The fourth-order valence-corrected chi connectivity index (χ4v) is 2.85. The molecule has 1 saturated carbocycles. The second-order valence-electron chi connectivity index (χ2n) is 5.28. The van der Waals surface area contributed by atoms with Crippen molar-refractivity contribution < 1.29 is 9.90 Å². The zero-order valence-electron chi connectivity index (χ0n) is 9.54. The third-order valence-corrected chi connectivity index (χ3v) is 3.81. The van der Waals surface area contributed by atoms with Gasteiger partial charge in [0.1, 0.15) is 5.78 Å². The van der Waals surface area contributed by atoms with Crippen LogP contribution in [0.3, 0.4) is 0 Å². The Morgan fingerprint density at radius 1 is 1.47 bits per heavy atom. The minimum Gasteiger partial charge on any atom is -0.389 e. The number of β-amino-alcohol motifs (C(OH)–C–C–N with tert-alkyl or cyclic N) is 1. The van der Waals surface area contributed by atoms with Crippen LogP contribution in [0, 0.1) is 5.92 Å². The molecule has 0 aromatic heterocycles. The fourth-order valence-electron chi connectivity index (χ4n) is 2.85. The monoisotopic (exact) mass is 211 g/mol. The summed E-state index contributed by atoms with van der Waals surface area (Å²) in [4.78, 5) is 13.6. The fraction of sp³-hybridized carbons (Fsp3) is 0.917. The Hall–Kier alpha value is -0.410. The summed E-state index contributed by atoms with van der Waals surface area (Å²) in [5.74, 6) is 0.536. The summed E-state index contributed by atoms with van der Waals surface area (Å²) in [6.07, 6.45) is 4.84. The van der Waals surface area contributed by atoms with E-state index < -0.39 is 5.60 Å². The summed E-state index contributed by atoms with van der Waals surface area (Å²) in [7, 11) is 0. The normalized spacial score (nSPS) is 32.1. The molecule has 1 N–H and O–H groups in total. The highest BCUT2D eigenvalue weighted by Gasteiger charge is 2.35. The molecule has 3 heteroatoms. The van der Waals surface area contributed by atoms with E-state index in [-0.39, 0.29) is 5.92 Å². The van der Waals surface area contributed by atoms with Crippen molar-refractivity contribution in [3.63, 3.8) is 0 Å². The van der Waals surface area contributed by atoms with Gasteiger partial charge in [-0.1, -0.05) is 19.8 Å². The SMILES string of the molecule is CC1CN(CC2(O)CCCC2)CCC1=O. The minimum absolute atomic E-state index is 0.156. The second kappa shape index (κ2) is 4.22. The van der Waals surface area contributed by atoms with Crippen LogP contribution in [0.15, 0.2) is 0 Å². The van der Waals surface area contributed by atoms with Gasteiger partial charge in [-0.3, -0.25) is 9.69 Å². The number of hydrogen-bond acceptors (Lipinski definition) is 3. The van der Waals surface area contributed by atoms with E-state index in [1.165, 1.54) is 0 Å². The molecule has 1 heterocycles. The van der Waals surface area contributed by atoms with Crippen molar-refractivity contribution >= 4 is 5.78 Å². The topological polar surface area (TPSA) is 40.5 Å². The number of piperidine rings is 1. The maximum absolute atomic E-state index is 11.4. The molecule has 0 amide bonds. The number of carbonyl (C=O) groups excluding carboxylic acids is 1. The third kappa shape index (κ3) is 2.58. The summed E-state index contributed by atoms with van der Waals surface area (Å²) in [6, 6.07) is 0. The first-order valence-electron chi connectivity index (χ1n) is 6.06. The molecular formula is C12H21NO2. The Balaban J connectivity index is 1.87. The number of aliphatic hydroxyl groups is 1. The number of hydrogen-bond donors (Lipinski definition) is 1. The molecule has 0 bridgehead atoms. The lowest BCUT2D eigenvalue weighted by Crippen LogP contribution is -2.47. The quantitative estimate of drug-likeness (QED) is 0.746. The molecule has 0 radical (unpaired) electrons. The second-order valence-corrected chi connectivity index (χ2v) is 5.28. The van der Waals surface area contributed by atoms with Crippen LogP contribution in [-0.2, 0) is 4.79 Å². The summed E-state index contributed by atoms with van der Waals surface area (Å²) in [5, 5.41) is 10.3. The lowest BCUT2D eigenvalue weighted by molar-refractivity contribution is -0.126. The molecular weight excluding hydrogens is 190 g/mol. The largest absolute Gasteiger partial charge is 0.389 e. The molecule has 0 aromatic carbocycles. The zero-order chi connectivity index (χ0) is 10.9. The first-order valence-corrected chi connectivity index (χ1v) is 6.06. The zero-order valence-corrected chi connectivity index (χ0v) is 9.54. The van der Waals surface area contributed by atoms with Crippen molar-refractivity contribution in [3.05, 3.63) is 0 Å². The molecule has 15 heavy (non-hydrogen) atoms. The highest BCUT2D eigenvalue weighted by molar-refractivity contribution is 5.81. The van der Waals surface area contributed by atoms with E-state index in [1.807, 2.05) is 6.92 Å². The predicted octanol–water partition coefficient (Wildman–Crippen LogP) is 1.20. The van der Waals surface area contributed by atoms with Gasteiger partial charge in [-0.2, -0.15) is 0 Å². The van der Waals surface area contributed by atoms with E-state index in [0.717, 1.165) is 45.3 Å². The van der Waals surface area contributed by atoms with Gasteiger partial charge in [-0.05, 0) is 12.8 Å². The number of Topliss-reactive ketones (excluding diaryl/α,β-unsaturated/α-hetero) is 1. The van der Waals surface area contributed by atoms with E-state index in [1.54, 1.807) is 0 Å². The predicted molar refractivity (Wildman–Crippen MR) is 58.6 cm³/mol. The molecule has 1 aliphatic heterocycles. The maximum Gasteiger partial charge on any atom is 0.138 e. The van der Waals surface area contributed by atoms with E-state index in [4.69, 9.17) is 0 Å². The highest BCUT2D eigenvalue weighted by Crippen LogP contribution is 2.31. The van der Waals surface area contributed by atoms with Crippen LogP contribution in [0.5, 0.6) is 0 Å². The molecule has 3 nitrogen and oxygen atoms in total. The van der Waals surface area contributed by atoms with Crippen molar-refractivity contribution in [2.75, 3.05) is 19.6 Å². The van der Waals surface area contributed by atoms with E-state index in [0.29, 0.717) is 12.2 Å². The molecule has 1 atom stereocenters. The first-order chi connectivity index (χ1) is 7.09. The van der Waals surface area contributed by atoms with Gasteiger partial charge in [-0.25, -0.2) is 0 Å². The van der Waals surface area contributed by atoms with Crippen molar-refractivity contribution in [2.45, 2.75) is 44.6 Å². The minimum atomic E-state index is -0.458. The molecule has 1 saturated heterocycles. The number of likely N-dealkylation sites (tertiary alicyclic amines) is 1. The van der Waals surface area contributed by atoms with Gasteiger partial charge in [0.2, 0.25) is 0 Å². The average molecular weight is 211 g/mol. The van der Waals surface area contributed by atoms with Crippen LogP contribution >= 0.6 is 0 Å². The van der Waals surface area contributed by atoms with Crippen LogP contribution in [0.1, 0.15) is 39.0 Å². The number of rotatable bonds is 2. The van der Waals surface area contributed by atoms with Gasteiger partial charge in [0.05, 0.1) is 5.60 Å². The lowest BCUT2D eigenvalue weighted by Gasteiger charge is -2.35. The van der Waals surface area contributed by atoms with Crippen LogP contribution in [0.2, 0.25) is 0 Å². The van der Waals surface area contributed by atoms with Gasteiger partial charge in [0.25, 0.3) is 0 Å². The Morgan fingerprint density at radius 2 is 2.13 bits per heavy atom. The smallest absolute Gasteiger partial charge is 0.138 e. The first kappa shape index (κ1) is 11.1. The molecule has 0 aromatic rings. The molecule has 1 aliphatic carbocycles. The lowest BCUT2D eigenvalue weighted by atomic mass is 9.95. The number of nitrogens with zero attached hydrogens (tertiary/aromatic N) is 1. The van der Waals surface area contributed by atoms with Crippen molar-refractivity contribution in [1.82, 2.24) is 4.90 Å². The number of ketones is 1. The summed E-state index contributed by atoms with van der Waals surface area (Å²) in [5.41, 5.74) is -0.458. The molecule has 86 valence electrons. The maximum atomic E-state index is 11.4. The Bertz CT molecular complexity index is 246. The Kier molecular flexibility index (Phi) is 3.12. The van der Waals surface area contributed by atoms with E-state index in [2.05, 4.69) is 4.90 Å². The van der Waals surface area contributed by atoms with Gasteiger partial charge >= 0.3 is 0 Å². The summed E-state index contributed by atoms with van der Waals surface area (Å²) in [6.45, 7) is 4.43. The van der Waals surface area contributed by atoms with Gasteiger partial charge in [0.15, 0.2) is 0 Å². The molecule has 2 fully saturated rings. The highest BCUT2D eigenvalue weighted by atomic mass is 16.3. The number of carbonyl (C=O) groups is 1. The Morgan fingerprint density at radius 3 is 2.73 bits per heavy atom. The van der Waals surface area contributed by atoms with Crippen molar-refractivity contribution in [2.24, 2.45) is 5.92 Å². The third-order valence-electron chi connectivity index (χ3n) is 3.81. The van der Waals surface area contributed by atoms with E-state index >= 15 is 0 Å². The molecule has 2 aliphatic rings. The average Bonchev–Trinajstić information content (AvgIpc) is 2.59. The van der Waals surface area contributed by atoms with Crippen LogP contribution in [-0.4, -0.2) is 41.0 Å². The Labute approximate surface area is 91.5 Å². The van der Waals surface area contributed by atoms with Crippen molar-refractivity contribution in [1.29, 1.82) is 0 Å². The van der Waals surface area contributed by atoms with Crippen LogP contribution in [0.25, 0.3) is 0 Å². The molecule has 1 unspecified atom stereocenters. The van der Waals surface area contributed by atoms with Gasteiger partial charge in [-0.15, -0.1) is 0 Å². The summed E-state index contributed by atoms with van der Waals surface area (Å²) < 4.78 is 0. The van der Waals surface area contributed by atoms with Gasteiger partial charge < -0.3 is 5.11 Å². The van der Waals surface area contributed by atoms with E-state index in [9.17, 15) is 9.90 Å². The molecule has 0 spiro atoms. The summed E-state index contributed by atoms with van der Waals surface area (Å²) >= 11 is 0. The molecule has 2 rings (SSSR count). The van der Waals surface area contributed by atoms with Crippen LogP contribution < -0.4 is 0 Å². The van der Waals surface area contributed by atoms with Crippen LogP contribution in [0.4, 0.5) is 0 Å². The standard InChI is InChI=1S/C12H21NO2/c1-10-8-13(7-4-11(10)14)9-12(15)5-2-3-6-12/h10,15H,2-9H2,1H3. The van der Waals surface area contributed by atoms with Gasteiger partial charge in [0, 0.05) is 32.0 Å².